The first-order chi connectivity index (χ1) is 10.9. The van der Waals surface area contributed by atoms with E-state index in [1.54, 1.807) is 18.2 Å². The van der Waals surface area contributed by atoms with Gasteiger partial charge in [-0.05, 0) is 24.3 Å². The van der Waals surface area contributed by atoms with Gasteiger partial charge >= 0.3 is 0 Å². The van der Waals surface area contributed by atoms with Gasteiger partial charge in [0.15, 0.2) is 0 Å². The summed E-state index contributed by atoms with van der Waals surface area (Å²) in [4.78, 5) is 33.0. The largest absolute Gasteiger partial charge is 0.321 e. The molecule has 2 rings (SSSR count). The molecule has 0 aliphatic rings. The quantitative estimate of drug-likeness (QED) is 0.660. The average molecular weight is 333 g/mol. The smallest absolute Gasteiger partial charge is 0.293 e. The van der Waals surface area contributed by atoms with Crippen molar-refractivity contribution >= 4 is 34.7 Å². The van der Waals surface area contributed by atoms with Crippen molar-refractivity contribution in [1.82, 2.24) is 0 Å². The summed E-state index contributed by atoms with van der Waals surface area (Å²) in [5.74, 6) is -0.399. The van der Waals surface area contributed by atoms with E-state index >= 15 is 0 Å². The molecule has 2 aromatic carbocycles. The predicted octanol–water partition coefficient (Wildman–Crippen LogP) is 3.61. The van der Waals surface area contributed by atoms with Crippen molar-refractivity contribution in [1.29, 1.82) is 0 Å². The maximum Gasteiger partial charge on any atom is 0.293 e. The van der Waals surface area contributed by atoms with Crippen LogP contribution in [-0.4, -0.2) is 15.8 Å². The van der Waals surface area contributed by atoms with Crippen molar-refractivity contribution in [3.05, 3.63) is 62.7 Å². The summed E-state index contributed by atoms with van der Waals surface area (Å²) in [6.07, 6.45) is 0. The summed E-state index contributed by atoms with van der Waals surface area (Å²) >= 11 is 1.23. The number of nitrogens with zero attached hydrogens (tertiary/aromatic N) is 2. The number of non-ortho nitro benzene ring substituents is 1. The Bertz CT molecular complexity index is 776. The van der Waals surface area contributed by atoms with Crippen LogP contribution < -0.4 is 5.32 Å². The van der Waals surface area contributed by atoms with Gasteiger partial charge in [-0.25, -0.2) is 0 Å². The van der Waals surface area contributed by atoms with Crippen LogP contribution in [0.2, 0.25) is 0 Å². The third-order valence-electron chi connectivity index (χ3n) is 2.76. The zero-order valence-electron chi connectivity index (χ0n) is 11.9. The second-order valence-electron chi connectivity index (χ2n) is 4.47. The summed E-state index contributed by atoms with van der Waals surface area (Å²) in [6.45, 7) is 1.27. The number of rotatable bonds is 5. The van der Waals surface area contributed by atoms with Crippen molar-refractivity contribution in [2.45, 2.75) is 16.7 Å². The molecule has 0 aromatic heterocycles. The Labute approximate surface area is 134 Å². The Hall–Kier alpha value is -2.94. The molecule has 0 bridgehead atoms. The fourth-order valence-corrected chi connectivity index (χ4v) is 2.64. The molecule has 0 unspecified atom stereocenters. The van der Waals surface area contributed by atoms with E-state index < -0.39 is 15.8 Å². The summed E-state index contributed by atoms with van der Waals surface area (Å²) < 4.78 is 0. The highest BCUT2D eigenvalue weighted by Crippen LogP contribution is 2.34. The fraction of sp³-hybridized carbons (Fsp3) is 0.0714. The molecule has 0 aliphatic carbocycles. The number of nitro benzene ring substituents is 2. The number of carbonyl (C=O) groups is 1. The Balaban J connectivity index is 2.26. The SMILES string of the molecule is CC(=O)Nc1ccc(Sc2ccc([N+](=O)[O-])cc2)cc1[N+](=O)[O-]. The lowest BCUT2D eigenvalue weighted by atomic mass is 10.2. The van der Waals surface area contributed by atoms with Crippen molar-refractivity contribution in [3.8, 4) is 0 Å². The molecule has 0 saturated carbocycles. The van der Waals surface area contributed by atoms with E-state index in [0.717, 1.165) is 0 Å². The van der Waals surface area contributed by atoms with E-state index in [1.807, 2.05) is 0 Å². The average Bonchev–Trinajstić information content (AvgIpc) is 2.48. The first-order valence-electron chi connectivity index (χ1n) is 6.35. The lowest BCUT2D eigenvalue weighted by molar-refractivity contribution is -0.384. The standard InChI is InChI=1S/C14H11N3O5S/c1-9(18)15-13-7-6-12(8-14(13)17(21)22)23-11-4-2-10(3-5-11)16(19)20/h2-8H,1H3,(H,15,18). The molecule has 1 amide bonds. The number of hydrogen-bond donors (Lipinski definition) is 1. The monoisotopic (exact) mass is 333 g/mol. The molecular formula is C14H11N3O5S. The van der Waals surface area contributed by atoms with Gasteiger partial charge < -0.3 is 5.32 Å². The van der Waals surface area contributed by atoms with Crippen LogP contribution in [0.4, 0.5) is 17.1 Å². The highest BCUT2D eigenvalue weighted by atomic mass is 32.2. The van der Waals surface area contributed by atoms with Crippen molar-refractivity contribution in [2.75, 3.05) is 5.32 Å². The minimum atomic E-state index is -0.578. The molecule has 1 N–H and O–H groups in total. The summed E-state index contributed by atoms with van der Waals surface area (Å²) in [5.41, 5.74) is -0.121. The number of benzene rings is 2. The van der Waals surface area contributed by atoms with Crippen LogP contribution in [0.1, 0.15) is 6.92 Å². The maximum atomic E-state index is 11.1. The molecule has 0 saturated heterocycles. The number of amides is 1. The van der Waals surface area contributed by atoms with Crippen LogP contribution >= 0.6 is 11.8 Å². The molecule has 0 heterocycles. The Morgan fingerprint density at radius 1 is 1.00 bits per heavy atom. The van der Waals surface area contributed by atoms with E-state index in [4.69, 9.17) is 0 Å². The summed E-state index contributed by atoms with van der Waals surface area (Å²) in [5, 5.41) is 24.1. The number of anilines is 1. The van der Waals surface area contributed by atoms with Crippen LogP contribution in [0.15, 0.2) is 52.3 Å². The van der Waals surface area contributed by atoms with Crippen molar-refractivity contribution < 1.29 is 14.6 Å². The van der Waals surface area contributed by atoms with Crippen LogP contribution in [0.5, 0.6) is 0 Å². The highest BCUT2D eigenvalue weighted by Gasteiger charge is 2.16. The molecule has 23 heavy (non-hydrogen) atoms. The fourth-order valence-electron chi connectivity index (χ4n) is 1.79. The summed E-state index contributed by atoms with van der Waals surface area (Å²) in [7, 11) is 0. The van der Waals surface area contributed by atoms with Crippen LogP contribution in [0.3, 0.4) is 0 Å². The lowest BCUT2D eigenvalue weighted by Gasteiger charge is -2.06. The first-order valence-corrected chi connectivity index (χ1v) is 7.17. The molecule has 0 aliphatic heterocycles. The third kappa shape index (κ3) is 4.27. The molecule has 2 aromatic rings. The van der Waals surface area contributed by atoms with Gasteiger partial charge in [0.05, 0.1) is 9.85 Å². The zero-order valence-corrected chi connectivity index (χ0v) is 12.7. The van der Waals surface area contributed by atoms with Gasteiger partial charge in [-0.15, -0.1) is 0 Å². The van der Waals surface area contributed by atoms with Gasteiger partial charge in [0.2, 0.25) is 5.91 Å². The Morgan fingerprint density at radius 2 is 1.61 bits per heavy atom. The number of nitrogens with one attached hydrogen (secondary N) is 1. The Kier molecular flexibility index (Phi) is 4.91. The molecule has 0 fully saturated rings. The van der Waals surface area contributed by atoms with Gasteiger partial charge in [0.25, 0.3) is 11.4 Å². The van der Waals surface area contributed by atoms with E-state index in [9.17, 15) is 25.0 Å². The minimum Gasteiger partial charge on any atom is -0.321 e. The van der Waals surface area contributed by atoms with Gasteiger partial charge in [0, 0.05) is 34.9 Å². The third-order valence-corrected chi connectivity index (χ3v) is 3.76. The van der Waals surface area contributed by atoms with Crippen molar-refractivity contribution in [3.63, 3.8) is 0 Å². The minimum absolute atomic E-state index is 0.0265. The number of hydrogen-bond acceptors (Lipinski definition) is 6. The molecule has 0 atom stereocenters. The normalized spacial score (nSPS) is 10.1. The lowest BCUT2D eigenvalue weighted by Crippen LogP contribution is -2.07. The van der Waals surface area contributed by atoms with Crippen molar-refractivity contribution in [2.24, 2.45) is 0 Å². The second-order valence-corrected chi connectivity index (χ2v) is 5.62. The molecule has 8 nitrogen and oxygen atoms in total. The molecular weight excluding hydrogens is 322 g/mol. The van der Waals surface area contributed by atoms with Crippen LogP contribution in [0, 0.1) is 20.2 Å². The maximum absolute atomic E-state index is 11.1. The first kappa shape index (κ1) is 16.4. The number of nitro groups is 2. The van der Waals surface area contributed by atoms with E-state index in [2.05, 4.69) is 5.32 Å². The number of carbonyl (C=O) groups excluding carboxylic acids is 1. The van der Waals surface area contributed by atoms with E-state index in [1.165, 1.54) is 43.0 Å². The topological polar surface area (TPSA) is 115 Å². The van der Waals surface area contributed by atoms with Gasteiger partial charge in [-0.1, -0.05) is 11.8 Å². The highest BCUT2D eigenvalue weighted by molar-refractivity contribution is 7.99. The molecule has 0 spiro atoms. The van der Waals surface area contributed by atoms with Gasteiger partial charge in [-0.2, -0.15) is 0 Å². The van der Waals surface area contributed by atoms with Crippen LogP contribution in [0.25, 0.3) is 0 Å². The Morgan fingerprint density at radius 3 is 2.13 bits per heavy atom. The van der Waals surface area contributed by atoms with E-state index in [-0.39, 0.29) is 17.1 Å². The zero-order chi connectivity index (χ0) is 17.0. The molecule has 118 valence electrons. The summed E-state index contributed by atoms with van der Waals surface area (Å²) in [6, 6.07) is 10.3. The van der Waals surface area contributed by atoms with Gasteiger partial charge in [0.1, 0.15) is 5.69 Å². The van der Waals surface area contributed by atoms with E-state index in [0.29, 0.717) is 9.79 Å². The van der Waals surface area contributed by atoms with Crippen LogP contribution in [-0.2, 0) is 4.79 Å². The second kappa shape index (κ2) is 6.88. The molecule has 0 radical (unpaired) electrons. The van der Waals surface area contributed by atoms with Gasteiger partial charge in [-0.3, -0.25) is 25.0 Å². The predicted molar refractivity (Wildman–Crippen MR) is 84.6 cm³/mol. The molecule has 9 heteroatoms.